The molecule has 32 nitrogen and oxygen atoms in total. The van der Waals surface area contributed by atoms with Crippen LogP contribution in [0.1, 0.15) is 96.9 Å². The van der Waals surface area contributed by atoms with Crippen molar-refractivity contribution in [1.29, 1.82) is 0 Å². The summed E-state index contributed by atoms with van der Waals surface area (Å²) in [6.07, 6.45) is 27.2. The number of amides is 1. The van der Waals surface area contributed by atoms with E-state index in [0.29, 0.717) is 86.7 Å². The first-order valence-corrected chi connectivity index (χ1v) is 40.3. The van der Waals surface area contributed by atoms with Gasteiger partial charge in [0.2, 0.25) is 0 Å². The number of fused-ring (bicyclic) bond motifs is 4. The third-order valence-electron chi connectivity index (χ3n) is 21.6. The lowest BCUT2D eigenvalue weighted by atomic mass is 9.92. The van der Waals surface area contributed by atoms with E-state index in [2.05, 4.69) is 179 Å². The van der Waals surface area contributed by atoms with Crippen molar-refractivity contribution in [1.82, 2.24) is 103 Å². The molecule has 1 saturated carbocycles. The monoisotopic (exact) mass is 1610 g/mol. The molecule has 17 rings (SSSR count). The lowest BCUT2D eigenvalue weighted by Gasteiger charge is -2.27. The normalized spacial score (nSPS) is 14.6. The third-order valence-corrected chi connectivity index (χ3v) is 21.6. The molecule has 1 amide bonds. The van der Waals surface area contributed by atoms with Crippen LogP contribution in [0.2, 0.25) is 0 Å². The van der Waals surface area contributed by atoms with Crippen molar-refractivity contribution in [2.75, 3.05) is 125 Å². The van der Waals surface area contributed by atoms with Gasteiger partial charge in [0.15, 0.2) is 46.3 Å². The number of hydrogen-bond acceptors (Lipinski definition) is 27. The second-order valence-corrected chi connectivity index (χ2v) is 31.2. The Balaban J connectivity index is 0.000000130. The van der Waals surface area contributed by atoms with Crippen molar-refractivity contribution < 1.29 is 33.2 Å². The van der Waals surface area contributed by atoms with Gasteiger partial charge in [0.1, 0.15) is 0 Å². The predicted octanol–water partition coefficient (Wildman–Crippen LogP) is 10.8. The van der Waals surface area contributed by atoms with E-state index in [0.717, 1.165) is 123 Å². The molecule has 32 heteroatoms. The van der Waals surface area contributed by atoms with Gasteiger partial charge in [-0.25, -0.2) is 44.6 Å². The Kier molecular flexibility index (Phi) is 26.3. The zero-order valence-corrected chi connectivity index (χ0v) is 70.0. The van der Waals surface area contributed by atoms with Crippen LogP contribution in [0.15, 0.2) is 123 Å². The second kappa shape index (κ2) is 37.6. The number of methoxy groups -OCH3 is 1. The number of carbonyl (C=O) groups is 1. The number of nitrogens with two attached hydrogens (primary N) is 4. The van der Waals surface area contributed by atoms with Crippen molar-refractivity contribution in [3.63, 3.8) is 0 Å². The standard InChI is InChI=1S/C23H28N6O2.C22H28N6O2.C21H25N7O.C21H26N6O2/c1-15-9-16(10-17-13-28(2)6-5-20(15)17)21-12-25-22(24)23(27-21)31-19-11-26-29(14-19)7-8-30-18-3-4-18;1-4-29-8-7-28-13-18(11-25-28)30-22-21(23)24-12-20(26-22)17-9-15(2)19-14-27(3)6-5-16(19)10-17;1-13-7-15(8-14-5-6-27(4)12-17(13)14)18-10-23-19(22)20(25-18)28-11-16(9-24-28)21(29)26(2)3;1-14-8-16(9-15-4-5-26(2)13-18(14)15)19-11-23-20(22)21(25-19)29-17-10-24-27(12-17)6-7-28-3/h9-12,14,18H,3-8,13H2,1-2H3,(H2,24,25);9-13H,4-8,14H2,1-3H3,(H2,23,24);7-11H,5-6,12H2,1-4H3,(H2,22,23);8-12H,4-7,13H2,1-3H3,(H2,22,23). The van der Waals surface area contributed by atoms with Gasteiger partial charge in [-0.2, -0.15) is 20.4 Å². The molecular formula is C87H107N25O7. The van der Waals surface area contributed by atoms with Crippen LogP contribution in [0.4, 0.5) is 23.3 Å². The maximum atomic E-state index is 12.2. The Morgan fingerprint density at radius 2 is 0.832 bits per heavy atom. The van der Waals surface area contributed by atoms with E-state index in [-0.39, 0.29) is 40.9 Å². The van der Waals surface area contributed by atoms with Gasteiger partial charge in [0.05, 0.1) is 142 Å². The highest BCUT2D eigenvalue weighted by Crippen LogP contribution is 2.37. The highest BCUT2D eigenvalue weighted by Gasteiger charge is 2.26. The highest BCUT2D eigenvalue weighted by atomic mass is 16.5. The topological polar surface area (TPSA) is 367 Å². The fraction of sp³-hybridized carbons (Fsp3) is 0.391. The van der Waals surface area contributed by atoms with Gasteiger partial charge in [-0.3, -0.25) is 18.8 Å². The SMILES string of the molecule is CCOCCn1cc(Oc2nc(-c3cc(C)c4c(c3)CCN(C)C4)cnc2N)cn1.COCCn1cc(Oc2nc(-c3cc(C)c4c(c3)CCN(C)C4)cnc2N)cn1.Cc1cc(-c2cnc(N)c(-n3cc(C(=O)N(C)C)cn3)n2)cc2c1CN(C)CC2.Cc1cc(-c2cnc(N)c(Oc3cnn(CCOC4CC4)c3)n2)cc2c1CCN(C)C2. The van der Waals surface area contributed by atoms with Gasteiger partial charge < -0.3 is 75.9 Å². The van der Waals surface area contributed by atoms with Crippen LogP contribution in [0.25, 0.3) is 50.8 Å². The van der Waals surface area contributed by atoms with Gasteiger partial charge in [-0.15, -0.1) is 0 Å². The van der Waals surface area contributed by atoms with Crippen LogP contribution in [0.5, 0.6) is 34.9 Å². The Morgan fingerprint density at radius 3 is 1.25 bits per heavy atom. The lowest BCUT2D eigenvalue weighted by Crippen LogP contribution is -2.27. The van der Waals surface area contributed by atoms with E-state index < -0.39 is 0 Å². The lowest BCUT2D eigenvalue weighted by molar-refractivity contribution is 0.0827. The number of hydrogen-bond donors (Lipinski definition) is 4. The summed E-state index contributed by atoms with van der Waals surface area (Å²) in [6, 6.07) is 17.5. The predicted molar refractivity (Wildman–Crippen MR) is 456 cm³/mol. The molecule has 8 N–H and O–H groups in total. The number of benzene rings is 4. The minimum atomic E-state index is -0.130. The van der Waals surface area contributed by atoms with Crippen LogP contribution < -0.4 is 37.1 Å². The quantitative estimate of drug-likeness (QED) is 0.0432. The Morgan fingerprint density at radius 1 is 0.445 bits per heavy atom. The molecule has 4 aliphatic heterocycles. The number of likely N-dealkylation sites (N-methyl/N-ethyl adjacent to an activating group) is 4. The number of aryl methyl sites for hydroxylation is 4. The summed E-state index contributed by atoms with van der Waals surface area (Å²) in [5.74, 6) is 3.84. The highest BCUT2D eigenvalue weighted by molar-refractivity contribution is 5.93. The summed E-state index contributed by atoms with van der Waals surface area (Å²) in [5, 5.41) is 17.1. The first-order chi connectivity index (χ1) is 57.4. The van der Waals surface area contributed by atoms with Gasteiger partial charge in [-0.1, -0.05) is 0 Å². The minimum Gasteiger partial charge on any atom is -0.433 e. The van der Waals surface area contributed by atoms with Crippen molar-refractivity contribution >= 4 is 29.2 Å². The number of anilines is 4. The second-order valence-electron chi connectivity index (χ2n) is 31.2. The van der Waals surface area contributed by atoms with E-state index in [1.807, 2.05) is 13.1 Å². The molecule has 0 atom stereocenters. The summed E-state index contributed by atoms with van der Waals surface area (Å²) < 4.78 is 40.6. The third kappa shape index (κ3) is 20.9. The molecule has 5 aliphatic rings. The van der Waals surface area contributed by atoms with Gasteiger partial charge in [0, 0.05) is 109 Å². The molecule has 0 radical (unpaired) electrons. The first-order valence-electron chi connectivity index (χ1n) is 40.3. The average molecular weight is 1610 g/mol. The van der Waals surface area contributed by atoms with Gasteiger partial charge in [-0.05, 0) is 217 Å². The first kappa shape index (κ1) is 83.3. The largest absolute Gasteiger partial charge is 0.433 e. The maximum Gasteiger partial charge on any atom is 0.263 e. The van der Waals surface area contributed by atoms with Crippen molar-refractivity contribution in [2.24, 2.45) is 0 Å². The number of ether oxygens (including phenoxy) is 6. The summed E-state index contributed by atoms with van der Waals surface area (Å²) in [4.78, 5) is 58.9. The molecule has 119 heavy (non-hydrogen) atoms. The molecular weight excluding hydrogens is 1510 g/mol. The van der Waals surface area contributed by atoms with Crippen LogP contribution in [-0.4, -0.2) is 218 Å². The molecule has 1 fully saturated rings. The molecule has 12 heterocycles. The molecule has 0 bridgehead atoms. The fourth-order valence-corrected chi connectivity index (χ4v) is 14.9. The van der Waals surface area contributed by atoms with Crippen LogP contribution in [0, 0.1) is 27.7 Å². The zero-order chi connectivity index (χ0) is 83.5. The summed E-state index contributed by atoms with van der Waals surface area (Å²) in [6.45, 7) is 23.2. The Bertz CT molecular complexity index is 5580. The van der Waals surface area contributed by atoms with Gasteiger partial charge in [0.25, 0.3) is 23.5 Å². The molecule has 0 saturated heterocycles. The minimum absolute atomic E-state index is 0.130. The van der Waals surface area contributed by atoms with E-state index >= 15 is 0 Å². The zero-order valence-electron chi connectivity index (χ0n) is 70.0. The van der Waals surface area contributed by atoms with Crippen LogP contribution in [-0.2, 0) is 85.7 Å². The molecule has 622 valence electrons. The van der Waals surface area contributed by atoms with Crippen LogP contribution >= 0.6 is 0 Å². The summed E-state index contributed by atoms with van der Waals surface area (Å²) in [5.41, 5.74) is 47.9. The molecule has 4 aromatic carbocycles. The average Bonchev–Trinajstić information content (AvgIpc) is 1.51. The maximum absolute atomic E-state index is 12.2. The van der Waals surface area contributed by atoms with E-state index in [1.54, 1.807) is 97.2 Å². The number of carbonyl (C=O) groups excluding carboxylic acids is 1. The van der Waals surface area contributed by atoms with E-state index in [1.165, 1.54) is 95.4 Å². The molecule has 0 spiro atoms. The summed E-state index contributed by atoms with van der Waals surface area (Å²) in [7, 11) is 13.7. The fourth-order valence-electron chi connectivity index (χ4n) is 14.9. The number of nitrogens with zero attached hydrogens (tertiary/aromatic N) is 21. The van der Waals surface area contributed by atoms with Crippen molar-refractivity contribution in [2.45, 2.75) is 125 Å². The summed E-state index contributed by atoms with van der Waals surface area (Å²) >= 11 is 0. The number of rotatable bonds is 23. The smallest absolute Gasteiger partial charge is 0.263 e. The number of nitrogen functional groups attached to an aromatic ring is 4. The van der Waals surface area contributed by atoms with Crippen molar-refractivity contribution in [3.8, 4) is 85.7 Å². The molecule has 12 aromatic rings. The Hall–Kier alpha value is -12.2. The van der Waals surface area contributed by atoms with E-state index in [4.69, 9.17) is 56.3 Å². The Labute approximate surface area is 693 Å². The molecule has 1 aliphatic carbocycles. The van der Waals surface area contributed by atoms with Gasteiger partial charge >= 0.3 is 0 Å². The number of aromatic nitrogens is 16. The van der Waals surface area contributed by atoms with E-state index in [9.17, 15) is 4.79 Å². The van der Waals surface area contributed by atoms with Crippen LogP contribution in [0.3, 0.4) is 0 Å². The van der Waals surface area contributed by atoms with Crippen molar-refractivity contribution in [3.05, 3.63) is 195 Å². The molecule has 8 aromatic heterocycles. The molecule has 0 unspecified atom stereocenters.